The van der Waals surface area contributed by atoms with Gasteiger partial charge in [-0.2, -0.15) is 0 Å². The maximum absolute atomic E-state index is 6.00. The number of anilines is 1. The molecule has 2 aromatic carbocycles. The lowest BCUT2D eigenvalue weighted by Crippen LogP contribution is -2.17. The molecule has 146 valence electrons. The second-order valence-electron chi connectivity index (χ2n) is 7.99. The first-order valence-electron chi connectivity index (χ1n) is 9.83. The molecular weight excluding hydrogens is 338 g/mol. The van der Waals surface area contributed by atoms with Gasteiger partial charge in [0, 0.05) is 18.8 Å². The van der Waals surface area contributed by atoms with Crippen molar-refractivity contribution in [1.29, 1.82) is 0 Å². The van der Waals surface area contributed by atoms with Crippen LogP contribution in [0.2, 0.25) is 0 Å². The molecular formula is C23H31NO3. The molecule has 0 radical (unpaired) electrons. The van der Waals surface area contributed by atoms with Crippen molar-refractivity contribution in [1.82, 2.24) is 0 Å². The number of rotatable bonds is 8. The standard InChI is InChI=1S/C23H31NO3/c1-23(2,3)21-8-4-5-9-22(21)26-16-14-24-18-10-12-19(13-11-18)27-17-20-7-6-15-25-20/h4-5,8-13,20,24H,6-7,14-17H2,1-3H3. The Morgan fingerprint density at radius 1 is 1.04 bits per heavy atom. The van der Waals surface area contributed by atoms with E-state index in [2.05, 4.69) is 38.2 Å². The molecule has 1 fully saturated rings. The van der Waals surface area contributed by atoms with Gasteiger partial charge in [0.25, 0.3) is 0 Å². The van der Waals surface area contributed by atoms with Crippen LogP contribution in [-0.2, 0) is 10.2 Å². The van der Waals surface area contributed by atoms with E-state index in [0.717, 1.165) is 43.2 Å². The van der Waals surface area contributed by atoms with Gasteiger partial charge in [0.15, 0.2) is 0 Å². The monoisotopic (exact) mass is 369 g/mol. The number of ether oxygens (including phenoxy) is 3. The molecule has 1 N–H and O–H groups in total. The second-order valence-corrected chi connectivity index (χ2v) is 7.99. The van der Waals surface area contributed by atoms with Gasteiger partial charge in [-0.3, -0.25) is 0 Å². The minimum Gasteiger partial charge on any atom is -0.491 e. The number of nitrogens with one attached hydrogen (secondary N) is 1. The highest BCUT2D eigenvalue weighted by Crippen LogP contribution is 2.30. The molecule has 1 unspecified atom stereocenters. The van der Waals surface area contributed by atoms with Crippen LogP contribution in [0.3, 0.4) is 0 Å². The predicted octanol–water partition coefficient (Wildman–Crippen LogP) is 5.03. The molecule has 0 bridgehead atoms. The Hall–Kier alpha value is -2.20. The van der Waals surface area contributed by atoms with Crippen molar-refractivity contribution in [3.05, 3.63) is 54.1 Å². The van der Waals surface area contributed by atoms with Crippen molar-refractivity contribution in [3.8, 4) is 11.5 Å². The molecule has 1 heterocycles. The maximum Gasteiger partial charge on any atom is 0.123 e. The molecule has 1 aliphatic rings. The van der Waals surface area contributed by atoms with Crippen molar-refractivity contribution >= 4 is 5.69 Å². The Bertz CT molecular complexity index is 700. The molecule has 1 saturated heterocycles. The van der Waals surface area contributed by atoms with Crippen LogP contribution in [0.5, 0.6) is 11.5 Å². The predicted molar refractivity (Wildman–Crippen MR) is 110 cm³/mol. The van der Waals surface area contributed by atoms with Crippen LogP contribution in [0.25, 0.3) is 0 Å². The largest absolute Gasteiger partial charge is 0.491 e. The average molecular weight is 370 g/mol. The van der Waals surface area contributed by atoms with Crippen molar-refractivity contribution in [2.75, 3.05) is 31.7 Å². The fourth-order valence-electron chi connectivity index (χ4n) is 3.20. The summed E-state index contributed by atoms with van der Waals surface area (Å²) >= 11 is 0. The van der Waals surface area contributed by atoms with Crippen LogP contribution in [0, 0.1) is 0 Å². The van der Waals surface area contributed by atoms with Gasteiger partial charge in [-0.1, -0.05) is 39.0 Å². The van der Waals surface area contributed by atoms with Gasteiger partial charge in [0.1, 0.15) is 24.7 Å². The van der Waals surface area contributed by atoms with Crippen LogP contribution in [0.15, 0.2) is 48.5 Å². The van der Waals surface area contributed by atoms with Gasteiger partial charge in [-0.15, -0.1) is 0 Å². The summed E-state index contributed by atoms with van der Waals surface area (Å²) in [7, 11) is 0. The van der Waals surface area contributed by atoms with E-state index in [1.807, 2.05) is 36.4 Å². The summed E-state index contributed by atoms with van der Waals surface area (Å²) in [6.45, 7) is 9.47. The van der Waals surface area contributed by atoms with Gasteiger partial charge in [-0.25, -0.2) is 0 Å². The van der Waals surface area contributed by atoms with Crippen molar-refractivity contribution < 1.29 is 14.2 Å². The Balaban J connectivity index is 1.42. The zero-order chi connectivity index (χ0) is 19.1. The van der Waals surface area contributed by atoms with E-state index in [1.165, 1.54) is 5.56 Å². The first kappa shape index (κ1) is 19.6. The zero-order valence-electron chi connectivity index (χ0n) is 16.7. The fourth-order valence-corrected chi connectivity index (χ4v) is 3.20. The molecule has 2 aromatic rings. The van der Waals surface area contributed by atoms with Crippen molar-refractivity contribution in [2.45, 2.75) is 45.1 Å². The summed E-state index contributed by atoms with van der Waals surface area (Å²) in [4.78, 5) is 0. The molecule has 3 rings (SSSR count). The maximum atomic E-state index is 6.00. The summed E-state index contributed by atoms with van der Waals surface area (Å²) in [5.41, 5.74) is 2.37. The Labute approximate surface area is 162 Å². The summed E-state index contributed by atoms with van der Waals surface area (Å²) in [6, 6.07) is 16.3. The Morgan fingerprint density at radius 2 is 1.81 bits per heavy atom. The molecule has 1 aliphatic heterocycles. The van der Waals surface area contributed by atoms with Crippen LogP contribution in [0.4, 0.5) is 5.69 Å². The zero-order valence-corrected chi connectivity index (χ0v) is 16.7. The van der Waals surface area contributed by atoms with Gasteiger partial charge >= 0.3 is 0 Å². The summed E-state index contributed by atoms with van der Waals surface area (Å²) in [5.74, 6) is 1.84. The van der Waals surface area contributed by atoms with Gasteiger partial charge < -0.3 is 19.5 Å². The lowest BCUT2D eigenvalue weighted by Gasteiger charge is -2.22. The number of benzene rings is 2. The fraction of sp³-hybridized carbons (Fsp3) is 0.478. The lowest BCUT2D eigenvalue weighted by atomic mass is 9.86. The topological polar surface area (TPSA) is 39.7 Å². The first-order valence-corrected chi connectivity index (χ1v) is 9.83. The third-order valence-electron chi connectivity index (χ3n) is 4.70. The molecule has 4 nitrogen and oxygen atoms in total. The number of para-hydroxylation sites is 1. The second kappa shape index (κ2) is 9.14. The molecule has 4 heteroatoms. The highest BCUT2D eigenvalue weighted by atomic mass is 16.5. The van der Waals surface area contributed by atoms with E-state index in [1.54, 1.807) is 0 Å². The van der Waals surface area contributed by atoms with Crippen LogP contribution in [0.1, 0.15) is 39.2 Å². The van der Waals surface area contributed by atoms with E-state index < -0.39 is 0 Å². The summed E-state index contributed by atoms with van der Waals surface area (Å²) in [5, 5.41) is 3.39. The molecule has 1 atom stereocenters. The molecule has 27 heavy (non-hydrogen) atoms. The molecule has 0 saturated carbocycles. The van der Waals surface area contributed by atoms with E-state index in [-0.39, 0.29) is 11.5 Å². The van der Waals surface area contributed by atoms with Crippen molar-refractivity contribution in [3.63, 3.8) is 0 Å². The SMILES string of the molecule is CC(C)(C)c1ccccc1OCCNc1ccc(OCC2CCCO2)cc1. The van der Waals surface area contributed by atoms with Crippen LogP contribution < -0.4 is 14.8 Å². The number of hydrogen-bond acceptors (Lipinski definition) is 4. The molecule has 0 aliphatic carbocycles. The van der Waals surface area contributed by atoms with E-state index in [4.69, 9.17) is 14.2 Å². The Kier molecular flexibility index (Phi) is 6.62. The van der Waals surface area contributed by atoms with Gasteiger partial charge in [0.2, 0.25) is 0 Å². The normalized spacial score (nSPS) is 16.9. The van der Waals surface area contributed by atoms with Crippen LogP contribution >= 0.6 is 0 Å². The molecule has 0 amide bonds. The van der Waals surface area contributed by atoms with E-state index >= 15 is 0 Å². The third kappa shape index (κ3) is 5.90. The highest BCUT2D eigenvalue weighted by Gasteiger charge is 2.18. The summed E-state index contributed by atoms with van der Waals surface area (Å²) in [6.07, 6.45) is 2.48. The lowest BCUT2D eigenvalue weighted by molar-refractivity contribution is 0.0679. The van der Waals surface area contributed by atoms with Crippen molar-refractivity contribution in [2.24, 2.45) is 0 Å². The minimum atomic E-state index is 0.0728. The molecule has 0 aromatic heterocycles. The number of hydrogen-bond donors (Lipinski definition) is 1. The smallest absolute Gasteiger partial charge is 0.123 e. The Morgan fingerprint density at radius 3 is 2.52 bits per heavy atom. The highest BCUT2D eigenvalue weighted by molar-refractivity contribution is 5.46. The summed E-state index contributed by atoms with van der Waals surface area (Å²) < 4.78 is 17.4. The molecule has 0 spiro atoms. The quantitative estimate of drug-likeness (QED) is 0.662. The van der Waals surface area contributed by atoms with E-state index in [0.29, 0.717) is 13.2 Å². The van der Waals surface area contributed by atoms with Crippen LogP contribution in [-0.4, -0.2) is 32.5 Å². The van der Waals surface area contributed by atoms with Gasteiger partial charge in [-0.05, 0) is 54.2 Å². The average Bonchev–Trinajstić information content (AvgIpc) is 3.18. The van der Waals surface area contributed by atoms with E-state index in [9.17, 15) is 0 Å². The van der Waals surface area contributed by atoms with Gasteiger partial charge in [0.05, 0.1) is 6.10 Å². The minimum absolute atomic E-state index is 0.0728. The first-order chi connectivity index (χ1) is 13.0. The third-order valence-corrected chi connectivity index (χ3v) is 4.70.